The number of hydrogen-bond acceptors (Lipinski definition) is 7. The Bertz CT molecular complexity index is 1250. The van der Waals surface area contributed by atoms with Crippen LogP contribution >= 0.6 is 0 Å². The Labute approximate surface area is 210 Å². The van der Waals surface area contributed by atoms with Crippen LogP contribution in [0.3, 0.4) is 0 Å². The topological polar surface area (TPSA) is 107 Å². The van der Waals surface area contributed by atoms with Gasteiger partial charge in [-0.15, -0.1) is 0 Å². The van der Waals surface area contributed by atoms with E-state index in [0.29, 0.717) is 46.6 Å². The Morgan fingerprint density at radius 2 is 1.50 bits per heavy atom. The van der Waals surface area contributed by atoms with Gasteiger partial charge >= 0.3 is 11.8 Å². The highest BCUT2D eigenvalue weighted by atomic mass is 16.5. The molecule has 0 bridgehead atoms. The van der Waals surface area contributed by atoms with Crippen LogP contribution < -0.4 is 29.7 Å². The number of anilines is 1. The molecule has 0 spiro atoms. The first-order chi connectivity index (χ1) is 17.3. The lowest BCUT2D eigenvalue weighted by Crippen LogP contribution is -2.33. The molecule has 0 radical (unpaired) electrons. The fourth-order valence-electron chi connectivity index (χ4n) is 3.20. The molecule has 188 valence electrons. The Hall–Kier alpha value is -4.53. The van der Waals surface area contributed by atoms with E-state index >= 15 is 0 Å². The van der Waals surface area contributed by atoms with Crippen molar-refractivity contribution in [1.82, 2.24) is 5.43 Å². The average molecular weight is 492 g/mol. The van der Waals surface area contributed by atoms with Gasteiger partial charge in [-0.2, -0.15) is 5.10 Å². The molecule has 0 heterocycles. The van der Waals surface area contributed by atoms with E-state index in [2.05, 4.69) is 15.8 Å². The minimum atomic E-state index is -0.941. The zero-order valence-corrected chi connectivity index (χ0v) is 20.9. The van der Waals surface area contributed by atoms with E-state index in [1.165, 1.54) is 19.8 Å². The average Bonchev–Trinajstić information content (AvgIpc) is 2.90. The van der Waals surface area contributed by atoms with Crippen molar-refractivity contribution in [1.29, 1.82) is 0 Å². The number of carbonyl (C=O) groups is 2. The standard InChI is InChI=1S/C27H29N3O6/c1-17-6-8-19(9-7-17)16-36-24-12-10-20(14-25(24)35-5)18(2)29-30-27(32)26(31)28-22-15-21(33-3)11-13-23(22)34-4/h6-15H,16H2,1-5H3,(H,28,31)(H,30,32)/b29-18+. The summed E-state index contributed by atoms with van der Waals surface area (Å²) in [5, 5.41) is 6.54. The number of amides is 2. The number of hydrogen-bond donors (Lipinski definition) is 2. The summed E-state index contributed by atoms with van der Waals surface area (Å²) in [6, 6.07) is 18.2. The van der Waals surface area contributed by atoms with Crippen molar-refractivity contribution in [2.24, 2.45) is 5.10 Å². The van der Waals surface area contributed by atoms with Crippen LogP contribution in [0.1, 0.15) is 23.6 Å². The third-order valence-electron chi connectivity index (χ3n) is 5.28. The molecule has 0 aliphatic rings. The summed E-state index contributed by atoms with van der Waals surface area (Å²) >= 11 is 0. The highest BCUT2D eigenvalue weighted by Crippen LogP contribution is 2.30. The maximum atomic E-state index is 12.4. The van der Waals surface area contributed by atoms with Gasteiger partial charge in [0.15, 0.2) is 11.5 Å². The van der Waals surface area contributed by atoms with Crippen molar-refractivity contribution in [3.63, 3.8) is 0 Å². The lowest BCUT2D eigenvalue weighted by Gasteiger charge is -2.13. The lowest BCUT2D eigenvalue weighted by atomic mass is 10.1. The van der Waals surface area contributed by atoms with Gasteiger partial charge in [0.25, 0.3) is 0 Å². The molecule has 2 amide bonds. The van der Waals surface area contributed by atoms with Gasteiger partial charge in [-0.25, -0.2) is 5.43 Å². The number of aryl methyl sites for hydroxylation is 1. The van der Waals surface area contributed by atoms with E-state index < -0.39 is 11.8 Å². The molecule has 9 heteroatoms. The Kier molecular flexibility index (Phi) is 8.88. The number of carbonyl (C=O) groups excluding carboxylic acids is 2. The molecular weight excluding hydrogens is 462 g/mol. The van der Waals surface area contributed by atoms with Crippen molar-refractivity contribution < 1.29 is 28.5 Å². The van der Waals surface area contributed by atoms with Crippen LogP contribution in [0.15, 0.2) is 65.8 Å². The third-order valence-corrected chi connectivity index (χ3v) is 5.28. The second kappa shape index (κ2) is 12.3. The highest BCUT2D eigenvalue weighted by Gasteiger charge is 2.17. The molecule has 0 unspecified atom stereocenters. The molecule has 0 atom stereocenters. The fraction of sp³-hybridized carbons (Fsp3) is 0.222. The second-order valence-electron chi connectivity index (χ2n) is 7.80. The Morgan fingerprint density at radius 1 is 0.806 bits per heavy atom. The summed E-state index contributed by atoms with van der Waals surface area (Å²) in [4.78, 5) is 24.7. The monoisotopic (exact) mass is 491 g/mol. The van der Waals surface area contributed by atoms with Crippen molar-refractivity contribution in [3.05, 3.63) is 77.4 Å². The number of benzene rings is 3. The molecule has 0 aliphatic carbocycles. The van der Waals surface area contributed by atoms with Gasteiger partial charge in [-0.1, -0.05) is 29.8 Å². The van der Waals surface area contributed by atoms with Crippen LogP contribution in [0.25, 0.3) is 0 Å². The Balaban J connectivity index is 1.64. The zero-order chi connectivity index (χ0) is 26.1. The molecule has 0 saturated carbocycles. The van der Waals surface area contributed by atoms with Crippen LogP contribution in [-0.2, 0) is 16.2 Å². The van der Waals surface area contributed by atoms with E-state index in [4.69, 9.17) is 18.9 Å². The summed E-state index contributed by atoms with van der Waals surface area (Å²) in [7, 11) is 4.50. The van der Waals surface area contributed by atoms with E-state index in [9.17, 15) is 9.59 Å². The Morgan fingerprint density at radius 3 is 2.17 bits per heavy atom. The van der Waals surface area contributed by atoms with Crippen molar-refractivity contribution in [2.45, 2.75) is 20.5 Å². The molecule has 0 aromatic heterocycles. The third kappa shape index (κ3) is 6.75. The molecular formula is C27H29N3O6. The second-order valence-corrected chi connectivity index (χ2v) is 7.80. The number of ether oxygens (including phenoxy) is 4. The van der Waals surface area contributed by atoms with Crippen molar-refractivity contribution in [2.75, 3.05) is 26.6 Å². The predicted molar refractivity (Wildman–Crippen MR) is 137 cm³/mol. The van der Waals surface area contributed by atoms with Gasteiger partial charge in [-0.3, -0.25) is 9.59 Å². The van der Waals surface area contributed by atoms with E-state index in [1.54, 1.807) is 50.4 Å². The number of nitrogens with one attached hydrogen (secondary N) is 2. The highest BCUT2D eigenvalue weighted by molar-refractivity contribution is 6.39. The number of methoxy groups -OCH3 is 3. The molecule has 2 N–H and O–H groups in total. The maximum Gasteiger partial charge on any atom is 0.329 e. The molecule has 3 aromatic rings. The van der Waals surface area contributed by atoms with Crippen LogP contribution in [0.5, 0.6) is 23.0 Å². The smallest absolute Gasteiger partial charge is 0.329 e. The minimum absolute atomic E-state index is 0.295. The first kappa shape index (κ1) is 26.1. The minimum Gasteiger partial charge on any atom is -0.497 e. The largest absolute Gasteiger partial charge is 0.497 e. The summed E-state index contributed by atoms with van der Waals surface area (Å²) in [5.74, 6) is 0.127. The van der Waals surface area contributed by atoms with Crippen LogP contribution in [0, 0.1) is 6.92 Å². The quantitative estimate of drug-likeness (QED) is 0.265. The van der Waals surface area contributed by atoms with Gasteiger partial charge < -0.3 is 24.3 Å². The fourth-order valence-corrected chi connectivity index (χ4v) is 3.20. The van der Waals surface area contributed by atoms with Gasteiger partial charge in [-0.05, 0) is 49.7 Å². The first-order valence-electron chi connectivity index (χ1n) is 11.1. The van der Waals surface area contributed by atoms with E-state index in [0.717, 1.165) is 5.56 Å². The van der Waals surface area contributed by atoms with Crippen molar-refractivity contribution in [3.8, 4) is 23.0 Å². The van der Waals surface area contributed by atoms with E-state index in [-0.39, 0.29) is 0 Å². The molecule has 0 saturated heterocycles. The number of nitrogens with zero attached hydrogens (tertiary/aromatic N) is 1. The van der Waals surface area contributed by atoms with Crippen LogP contribution in [0.4, 0.5) is 5.69 Å². The molecule has 36 heavy (non-hydrogen) atoms. The summed E-state index contributed by atoms with van der Waals surface area (Å²) in [6.45, 7) is 4.13. The summed E-state index contributed by atoms with van der Waals surface area (Å²) < 4.78 is 21.7. The summed E-state index contributed by atoms with van der Waals surface area (Å²) in [6.07, 6.45) is 0. The molecule has 9 nitrogen and oxygen atoms in total. The van der Waals surface area contributed by atoms with Gasteiger partial charge in [0.2, 0.25) is 0 Å². The SMILES string of the molecule is COc1ccc(OC)c(NC(=O)C(=O)N/N=C(\C)c2ccc(OCc3ccc(C)cc3)c(OC)c2)c1. The van der Waals surface area contributed by atoms with Crippen LogP contribution in [-0.4, -0.2) is 38.9 Å². The zero-order valence-electron chi connectivity index (χ0n) is 20.9. The summed E-state index contributed by atoms with van der Waals surface area (Å²) in [5.41, 5.74) is 5.93. The van der Waals surface area contributed by atoms with Gasteiger partial charge in [0.05, 0.1) is 32.7 Å². The van der Waals surface area contributed by atoms with Gasteiger partial charge in [0, 0.05) is 11.6 Å². The molecule has 3 rings (SSSR count). The van der Waals surface area contributed by atoms with Crippen molar-refractivity contribution >= 4 is 23.2 Å². The molecule has 0 aliphatic heterocycles. The lowest BCUT2D eigenvalue weighted by molar-refractivity contribution is -0.136. The normalized spacial score (nSPS) is 10.9. The predicted octanol–water partition coefficient (Wildman–Crippen LogP) is 4.08. The molecule has 0 fully saturated rings. The van der Waals surface area contributed by atoms with E-state index in [1.807, 2.05) is 31.2 Å². The van der Waals surface area contributed by atoms with Crippen LogP contribution in [0.2, 0.25) is 0 Å². The molecule has 3 aromatic carbocycles. The maximum absolute atomic E-state index is 12.4. The number of hydrazone groups is 1. The van der Waals surface area contributed by atoms with Gasteiger partial charge in [0.1, 0.15) is 18.1 Å². The number of rotatable bonds is 9. The first-order valence-corrected chi connectivity index (χ1v) is 11.1.